The van der Waals surface area contributed by atoms with Gasteiger partial charge in [0.25, 0.3) is 0 Å². The Kier molecular flexibility index (Phi) is 35.5. The first-order valence-corrected chi connectivity index (χ1v) is 40.7. The van der Waals surface area contributed by atoms with E-state index in [2.05, 4.69) is 49.8 Å². The Hall–Kier alpha value is -10.8. The van der Waals surface area contributed by atoms with E-state index in [0.29, 0.717) is 86.4 Å². The van der Waals surface area contributed by atoms with Gasteiger partial charge in [0.15, 0.2) is 5.12 Å². The number of thiol groups is 1. The Morgan fingerprint density at radius 1 is 0.417 bits per heavy atom. The number of thioether (sulfide) groups is 1. The number of cyclic esters (lactones) is 4. The number of benzene rings is 8. The van der Waals surface area contributed by atoms with Crippen molar-refractivity contribution >= 4 is 128 Å². The van der Waals surface area contributed by atoms with Crippen LogP contribution in [0.1, 0.15) is 82.6 Å². The molecule has 12 rings (SSSR count). The first-order valence-electron chi connectivity index (χ1n) is 37.4. The molecule has 8 aromatic rings. The molecule has 8 aromatic carbocycles. The number of hydrogen-bond donors (Lipinski definition) is 5. The average Bonchev–Trinajstić information content (AvgIpc) is 1.74. The van der Waals surface area contributed by atoms with E-state index >= 15 is 0 Å². The van der Waals surface area contributed by atoms with Crippen molar-refractivity contribution in [2.75, 3.05) is 77.3 Å². The number of unbranched alkanes of at least 4 members (excludes halogenated alkanes) is 1. The fraction of sp³-hybridized carbons (Fsp3) is 0.329. The maximum Gasteiger partial charge on any atom is 0.414 e. The van der Waals surface area contributed by atoms with Crippen molar-refractivity contribution in [2.45, 2.75) is 121 Å². The fourth-order valence-corrected chi connectivity index (χ4v) is 13.6. The van der Waals surface area contributed by atoms with E-state index < -0.39 is 97.3 Å². The number of nitrogens with one attached hydrogen (secondary N) is 4. The zero-order valence-corrected chi connectivity index (χ0v) is 69.5. The second-order valence-electron chi connectivity index (χ2n) is 27.6. The number of amides is 8. The SMILES string of the molecule is CC(=O)NCC1CN(c2ccc(-c3ccc(CCCCC(F)(F)F)cc3)c(F)c2)C(=O)O1.CC(=O)NCC1CN(c2ccc(-c3ccc(CCl)cc3)c(F)c2)C(=O)O1.CC(=O)NCC1CN(c2ccc(-c3ccc(CS)cc3)c(F)c2)C(=O)O1.CC(=O)NCC1CN(c2ccc(-c3ccc(CSC(C)=O)cc3)c(F)c2)C(=O)O1.FC(F)(F)CCBr. The van der Waals surface area contributed by atoms with E-state index in [4.69, 9.17) is 30.5 Å². The summed E-state index contributed by atoms with van der Waals surface area (Å²) in [6.45, 7) is 8.86. The summed E-state index contributed by atoms with van der Waals surface area (Å²) in [6, 6.07) is 47.5. The van der Waals surface area contributed by atoms with Gasteiger partial charge in [0, 0.05) is 86.0 Å². The Balaban J connectivity index is 0.000000194. The molecule has 640 valence electrons. The normalized spacial score (nSPS) is 16.0. The summed E-state index contributed by atoms with van der Waals surface area (Å²) in [5.41, 5.74) is 9.96. The van der Waals surface area contributed by atoms with E-state index in [1.54, 1.807) is 72.8 Å². The van der Waals surface area contributed by atoms with Gasteiger partial charge in [0.05, 0.1) is 81.5 Å². The van der Waals surface area contributed by atoms with Crippen molar-refractivity contribution in [1.82, 2.24) is 21.3 Å². The van der Waals surface area contributed by atoms with Gasteiger partial charge in [-0.15, -0.1) is 11.6 Å². The van der Waals surface area contributed by atoms with Gasteiger partial charge >= 0.3 is 36.7 Å². The summed E-state index contributed by atoms with van der Waals surface area (Å²) >= 11 is 13.9. The zero-order valence-electron chi connectivity index (χ0n) is 65.5. The van der Waals surface area contributed by atoms with E-state index in [1.165, 1.54) is 90.2 Å². The number of rotatable bonds is 25. The molecule has 4 heterocycles. The quantitative estimate of drug-likeness (QED) is 0.0117. The molecule has 4 unspecified atom stereocenters. The standard InChI is InChI=1S/C23H24F4N2O3.C21H21FN2O4S.C19H18ClFN2O3.C19H19FN2O3S.C3H4BrF3/c1-15(30)28-13-19-14-29(22(31)32-19)18-9-10-20(21(24)12-18)17-7-5-16(6-8-17)4-2-3-11-23(25,26)27;1-13(25)23-10-18-11-24(21(27)28-18)17-7-8-19(20(22)9-17)16-5-3-15(4-6-16)12-29-14(2)26;1-12(24)22-10-16-11-23(19(25)26-16)15-6-7-17(18(21)8-15)14-4-2-13(9-20)3-5-14;1-12(23)21-9-16-10-22(19(24)25-16)15-6-7-17(18(20)8-15)14-4-2-13(11-26)3-5-14;4-2-1-3(5,6)7/h5-10,12,19H,2-4,11,13-14H2,1H3,(H,28,30);3-9,18H,10-12H2,1-2H3,(H,23,25);2-8,16H,9-11H2,1H3,(H,22,24);2-8,16,26H,9-11H2,1H3,(H,21,23);1-2H2. The minimum absolute atomic E-state index is 0.00347. The highest BCUT2D eigenvalue weighted by Crippen LogP contribution is 2.36. The van der Waals surface area contributed by atoms with E-state index in [0.717, 1.165) is 33.4 Å². The van der Waals surface area contributed by atoms with Gasteiger partial charge in [-0.25, -0.2) is 36.7 Å². The van der Waals surface area contributed by atoms with Gasteiger partial charge in [-0.1, -0.05) is 125 Å². The molecule has 8 amide bonds. The minimum Gasteiger partial charge on any atom is -0.442 e. The molecule has 0 spiro atoms. The number of halogens is 12. The highest BCUT2D eigenvalue weighted by Gasteiger charge is 2.37. The van der Waals surface area contributed by atoms with Crippen LogP contribution in [0.2, 0.25) is 0 Å². The summed E-state index contributed by atoms with van der Waals surface area (Å²) in [5, 5.41) is 10.4. The van der Waals surface area contributed by atoms with E-state index in [1.807, 2.05) is 72.8 Å². The maximum absolute atomic E-state index is 14.8. The van der Waals surface area contributed by atoms with Crippen LogP contribution in [0.4, 0.5) is 85.8 Å². The van der Waals surface area contributed by atoms with Crippen LogP contribution in [-0.4, -0.2) is 148 Å². The predicted molar refractivity (Wildman–Crippen MR) is 445 cm³/mol. The van der Waals surface area contributed by atoms with Crippen molar-refractivity contribution in [3.63, 3.8) is 0 Å². The molecule has 0 radical (unpaired) electrons. The van der Waals surface area contributed by atoms with Crippen LogP contribution in [0.15, 0.2) is 170 Å². The third-order valence-electron chi connectivity index (χ3n) is 18.3. The highest BCUT2D eigenvalue weighted by atomic mass is 79.9. The van der Waals surface area contributed by atoms with Crippen molar-refractivity contribution in [2.24, 2.45) is 0 Å². The average molecular weight is 1800 g/mol. The molecule has 4 saturated heterocycles. The van der Waals surface area contributed by atoms with Crippen molar-refractivity contribution < 1.29 is 106 Å². The number of anilines is 4. The number of carbonyl (C=O) groups excluding carboxylic acids is 9. The Bertz CT molecular complexity index is 4750. The van der Waals surface area contributed by atoms with Gasteiger partial charge < -0.3 is 40.2 Å². The molecule has 21 nitrogen and oxygen atoms in total. The monoisotopic (exact) mass is 1790 g/mol. The molecule has 4 aliphatic heterocycles. The van der Waals surface area contributed by atoms with Gasteiger partial charge in [0.2, 0.25) is 23.6 Å². The first-order chi connectivity index (χ1) is 57.0. The maximum atomic E-state index is 14.8. The molecule has 0 aliphatic carbocycles. The lowest BCUT2D eigenvalue weighted by Crippen LogP contribution is -2.33. The lowest BCUT2D eigenvalue weighted by Gasteiger charge is -2.15. The zero-order chi connectivity index (χ0) is 87.5. The third kappa shape index (κ3) is 29.6. The summed E-state index contributed by atoms with van der Waals surface area (Å²) in [4.78, 5) is 109. The van der Waals surface area contributed by atoms with Crippen LogP contribution in [-0.2, 0) is 66.7 Å². The predicted octanol–water partition coefficient (Wildman–Crippen LogP) is 18.4. The van der Waals surface area contributed by atoms with Gasteiger partial charge in [-0.05, 0) is 137 Å². The van der Waals surface area contributed by atoms with E-state index in [-0.39, 0.29) is 92.9 Å². The van der Waals surface area contributed by atoms with Gasteiger partial charge in [-0.2, -0.15) is 39.0 Å². The van der Waals surface area contributed by atoms with Crippen LogP contribution in [0.5, 0.6) is 0 Å². The Morgan fingerprint density at radius 3 is 0.925 bits per heavy atom. The summed E-state index contributed by atoms with van der Waals surface area (Å²) in [7, 11) is 0. The number of ether oxygens (including phenoxy) is 4. The van der Waals surface area contributed by atoms with Crippen LogP contribution in [0, 0.1) is 23.3 Å². The van der Waals surface area contributed by atoms with Crippen LogP contribution < -0.4 is 40.9 Å². The molecule has 4 atom stereocenters. The lowest BCUT2D eigenvalue weighted by atomic mass is 10.0. The molecule has 0 bridgehead atoms. The largest absolute Gasteiger partial charge is 0.442 e. The number of alkyl halides is 8. The van der Waals surface area contributed by atoms with Crippen LogP contribution in [0.3, 0.4) is 0 Å². The molecule has 4 aliphatic rings. The van der Waals surface area contributed by atoms with Gasteiger partial charge in [0.1, 0.15) is 47.7 Å². The summed E-state index contributed by atoms with van der Waals surface area (Å²) < 4.78 is 149. The molecule has 0 saturated carbocycles. The second kappa shape index (κ2) is 45.0. The molecule has 4 N–H and O–H groups in total. The molecule has 35 heteroatoms. The van der Waals surface area contributed by atoms with Crippen molar-refractivity contribution in [3.05, 3.63) is 215 Å². The minimum atomic E-state index is -4.13. The molecular weight excluding hydrogens is 1710 g/mol. The van der Waals surface area contributed by atoms with Crippen LogP contribution >= 0.6 is 51.9 Å². The molecular formula is C85H86BrClF10N8O13S2. The molecule has 0 aromatic heterocycles. The highest BCUT2D eigenvalue weighted by molar-refractivity contribution is 9.09. The van der Waals surface area contributed by atoms with Crippen molar-refractivity contribution in [3.8, 4) is 44.5 Å². The Labute approximate surface area is 709 Å². The Morgan fingerprint density at radius 2 is 0.692 bits per heavy atom. The second-order valence-corrected chi connectivity index (χ2v) is 30.1. The van der Waals surface area contributed by atoms with Crippen LogP contribution in [0.25, 0.3) is 44.5 Å². The topological polar surface area (TPSA) is 252 Å². The number of carbonyl (C=O) groups is 9. The summed E-state index contributed by atoms with van der Waals surface area (Å²) in [6.07, 6.45) is -12.8. The number of aryl methyl sites for hydroxylation is 1. The fourth-order valence-electron chi connectivity index (χ4n) is 12.2. The molecule has 4 fully saturated rings. The number of nitrogens with zero attached hydrogens (tertiary/aromatic N) is 4. The molecule has 120 heavy (non-hydrogen) atoms. The number of hydrogen-bond acceptors (Lipinski definition) is 15. The first kappa shape index (κ1) is 94.6. The van der Waals surface area contributed by atoms with E-state index in [9.17, 15) is 87.1 Å². The third-order valence-corrected chi connectivity index (χ3v) is 20.2. The summed E-state index contributed by atoms with van der Waals surface area (Å²) in [5.74, 6) is -1.05. The lowest BCUT2D eigenvalue weighted by molar-refractivity contribution is -0.135. The van der Waals surface area contributed by atoms with Crippen molar-refractivity contribution in [1.29, 1.82) is 0 Å². The van der Waals surface area contributed by atoms with Gasteiger partial charge in [-0.3, -0.25) is 43.6 Å². The smallest absolute Gasteiger partial charge is 0.414 e.